The van der Waals surface area contributed by atoms with Crippen molar-refractivity contribution in [1.82, 2.24) is 14.9 Å². The summed E-state index contributed by atoms with van der Waals surface area (Å²) in [5.41, 5.74) is 1.08. The van der Waals surface area contributed by atoms with E-state index >= 15 is 0 Å². The number of carbonyl (C=O) groups is 1. The lowest BCUT2D eigenvalue weighted by Crippen LogP contribution is -2.46. The molecule has 0 bridgehead atoms. The minimum Gasteiger partial charge on any atom is -0.367 e. The predicted molar refractivity (Wildman–Crippen MR) is 77.7 cm³/mol. The molecule has 0 aliphatic carbocycles. The molecule has 0 saturated carbocycles. The Kier molecular flexibility index (Phi) is 3.92. The van der Waals surface area contributed by atoms with Gasteiger partial charge in [-0.05, 0) is 18.6 Å². The molecule has 2 aromatic rings. The molecular weight excluding hydrogens is 266 g/mol. The van der Waals surface area contributed by atoms with E-state index in [1.807, 2.05) is 37.3 Å². The van der Waals surface area contributed by atoms with Crippen LogP contribution in [0.2, 0.25) is 0 Å². The SMILES string of the molecule is C[C@H]1CN(C(=O)c2ncccn2)C[C@H](c2ccccc2)O1. The van der Waals surface area contributed by atoms with Gasteiger partial charge in [0.05, 0.1) is 12.6 Å². The van der Waals surface area contributed by atoms with Crippen molar-refractivity contribution in [3.63, 3.8) is 0 Å². The van der Waals surface area contributed by atoms with Crippen LogP contribution >= 0.6 is 0 Å². The average molecular weight is 283 g/mol. The molecule has 1 amide bonds. The minimum atomic E-state index is -0.147. The first-order valence-corrected chi connectivity index (χ1v) is 7.01. The molecule has 3 rings (SSSR count). The first-order valence-electron chi connectivity index (χ1n) is 7.01. The van der Waals surface area contributed by atoms with E-state index in [1.54, 1.807) is 23.4 Å². The van der Waals surface area contributed by atoms with Crippen molar-refractivity contribution in [1.29, 1.82) is 0 Å². The Labute approximate surface area is 123 Å². The normalized spacial score (nSPS) is 22.0. The molecule has 0 spiro atoms. The summed E-state index contributed by atoms with van der Waals surface area (Å²) in [6.45, 7) is 3.05. The van der Waals surface area contributed by atoms with Gasteiger partial charge in [0.2, 0.25) is 5.82 Å². The van der Waals surface area contributed by atoms with Crippen LogP contribution in [0.5, 0.6) is 0 Å². The van der Waals surface area contributed by atoms with Crippen molar-refractivity contribution >= 4 is 5.91 Å². The van der Waals surface area contributed by atoms with Gasteiger partial charge in [0, 0.05) is 18.9 Å². The van der Waals surface area contributed by atoms with Gasteiger partial charge in [0.25, 0.3) is 5.91 Å². The molecule has 0 radical (unpaired) electrons. The summed E-state index contributed by atoms with van der Waals surface area (Å²) in [6.07, 6.45) is 3.04. The lowest BCUT2D eigenvalue weighted by atomic mass is 10.1. The molecule has 1 aromatic carbocycles. The molecule has 5 heteroatoms. The maximum atomic E-state index is 12.5. The van der Waals surface area contributed by atoms with Crippen LogP contribution in [-0.4, -0.2) is 40.0 Å². The Morgan fingerprint density at radius 3 is 2.57 bits per heavy atom. The number of rotatable bonds is 2. The highest BCUT2D eigenvalue weighted by molar-refractivity contribution is 5.90. The van der Waals surface area contributed by atoms with E-state index in [-0.39, 0.29) is 23.9 Å². The summed E-state index contributed by atoms with van der Waals surface area (Å²) < 4.78 is 5.95. The van der Waals surface area contributed by atoms with Gasteiger partial charge in [-0.1, -0.05) is 30.3 Å². The van der Waals surface area contributed by atoms with Crippen molar-refractivity contribution < 1.29 is 9.53 Å². The molecule has 108 valence electrons. The fourth-order valence-corrected chi connectivity index (χ4v) is 2.52. The molecule has 1 aliphatic heterocycles. The standard InChI is InChI=1S/C16H17N3O2/c1-12-10-19(16(20)15-17-8-5-9-18-15)11-14(21-12)13-6-3-2-4-7-13/h2-9,12,14H,10-11H2,1H3/t12-,14+/m0/s1. The second kappa shape index (κ2) is 6.01. The topological polar surface area (TPSA) is 55.3 Å². The highest BCUT2D eigenvalue weighted by Gasteiger charge is 2.30. The number of nitrogens with zero attached hydrogens (tertiary/aromatic N) is 3. The summed E-state index contributed by atoms with van der Waals surface area (Å²) in [5.74, 6) is 0.0880. The van der Waals surface area contributed by atoms with Gasteiger partial charge in [-0.25, -0.2) is 9.97 Å². The number of morpholine rings is 1. The van der Waals surface area contributed by atoms with Crippen LogP contribution in [0.25, 0.3) is 0 Å². The van der Waals surface area contributed by atoms with Crippen LogP contribution in [0.1, 0.15) is 29.2 Å². The van der Waals surface area contributed by atoms with Gasteiger partial charge >= 0.3 is 0 Å². The van der Waals surface area contributed by atoms with Crippen molar-refractivity contribution in [3.8, 4) is 0 Å². The van der Waals surface area contributed by atoms with Crippen LogP contribution < -0.4 is 0 Å². The average Bonchev–Trinajstić information content (AvgIpc) is 2.55. The van der Waals surface area contributed by atoms with Crippen molar-refractivity contribution in [2.24, 2.45) is 0 Å². The zero-order valence-electron chi connectivity index (χ0n) is 11.8. The Bertz CT molecular complexity index is 603. The van der Waals surface area contributed by atoms with E-state index in [2.05, 4.69) is 9.97 Å². The van der Waals surface area contributed by atoms with E-state index < -0.39 is 0 Å². The van der Waals surface area contributed by atoms with Crippen molar-refractivity contribution in [3.05, 3.63) is 60.2 Å². The van der Waals surface area contributed by atoms with E-state index in [1.165, 1.54) is 0 Å². The molecule has 5 nitrogen and oxygen atoms in total. The van der Waals surface area contributed by atoms with Crippen LogP contribution in [0.3, 0.4) is 0 Å². The van der Waals surface area contributed by atoms with Gasteiger partial charge in [-0.3, -0.25) is 4.79 Å². The van der Waals surface area contributed by atoms with Gasteiger partial charge in [0.1, 0.15) is 6.10 Å². The molecule has 2 heterocycles. The number of benzene rings is 1. The van der Waals surface area contributed by atoms with Gasteiger partial charge < -0.3 is 9.64 Å². The summed E-state index contributed by atoms with van der Waals surface area (Å²) in [6, 6.07) is 11.7. The Balaban J connectivity index is 1.79. The number of aromatic nitrogens is 2. The molecule has 2 atom stereocenters. The molecule has 1 aromatic heterocycles. The third kappa shape index (κ3) is 3.08. The van der Waals surface area contributed by atoms with Crippen LogP contribution in [0, 0.1) is 0 Å². The maximum Gasteiger partial charge on any atom is 0.291 e. The van der Waals surface area contributed by atoms with Gasteiger partial charge in [0.15, 0.2) is 0 Å². The number of hydrogen-bond donors (Lipinski definition) is 0. The molecule has 1 saturated heterocycles. The van der Waals surface area contributed by atoms with E-state index in [4.69, 9.17) is 4.74 Å². The summed E-state index contributed by atoms with van der Waals surface area (Å²) >= 11 is 0. The first-order chi connectivity index (χ1) is 10.2. The lowest BCUT2D eigenvalue weighted by molar-refractivity contribution is -0.0694. The number of amides is 1. The molecule has 21 heavy (non-hydrogen) atoms. The minimum absolute atomic E-state index is 0.0170. The number of hydrogen-bond acceptors (Lipinski definition) is 4. The van der Waals surface area contributed by atoms with Crippen molar-refractivity contribution in [2.45, 2.75) is 19.1 Å². The van der Waals surface area contributed by atoms with E-state index in [0.29, 0.717) is 13.1 Å². The smallest absolute Gasteiger partial charge is 0.291 e. The van der Waals surface area contributed by atoms with E-state index in [0.717, 1.165) is 5.56 Å². The lowest BCUT2D eigenvalue weighted by Gasteiger charge is -2.36. The van der Waals surface area contributed by atoms with Crippen LogP contribution in [-0.2, 0) is 4.74 Å². The zero-order chi connectivity index (χ0) is 14.7. The van der Waals surface area contributed by atoms with E-state index in [9.17, 15) is 4.79 Å². The predicted octanol–water partition coefficient (Wildman–Crippen LogP) is 2.08. The quantitative estimate of drug-likeness (QED) is 0.846. The molecule has 1 fully saturated rings. The molecular formula is C16H17N3O2. The third-order valence-corrected chi connectivity index (χ3v) is 3.48. The van der Waals surface area contributed by atoms with Crippen LogP contribution in [0.15, 0.2) is 48.8 Å². The van der Waals surface area contributed by atoms with Crippen molar-refractivity contribution in [2.75, 3.05) is 13.1 Å². The first kappa shape index (κ1) is 13.7. The second-order valence-electron chi connectivity index (χ2n) is 5.13. The highest BCUT2D eigenvalue weighted by atomic mass is 16.5. The second-order valence-corrected chi connectivity index (χ2v) is 5.13. The molecule has 0 unspecified atom stereocenters. The summed E-state index contributed by atoms with van der Waals surface area (Å²) in [7, 11) is 0. The largest absolute Gasteiger partial charge is 0.367 e. The van der Waals surface area contributed by atoms with Gasteiger partial charge in [-0.15, -0.1) is 0 Å². The summed E-state index contributed by atoms with van der Waals surface area (Å²) in [5, 5.41) is 0. The monoisotopic (exact) mass is 283 g/mol. The zero-order valence-corrected chi connectivity index (χ0v) is 11.8. The summed E-state index contributed by atoms with van der Waals surface area (Å²) in [4.78, 5) is 22.3. The Hall–Kier alpha value is -2.27. The van der Waals surface area contributed by atoms with Gasteiger partial charge in [-0.2, -0.15) is 0 Å². The fraction of sp³-hybridized carbons (Fsp3) is 0.312. The molecule has 1 aliphatic rings. The maximum absolute atomic E-state index is 12.5. The number of ether oxygens (including phenoxy) is 1. The number of carbonyl (C=O) groups excluding carboxylic acids is 1. The Morgan fingerprint density at radius 2 is 1.86 bits per heavy atom. The Morgan fingerprint density at radius 1 is 1.14 bits per heavy atom. The van der Waals surface area contributed by atoms with Crippen LogP contribution in [0.4, 0.5) is 0 Å². The molecule has 0 N–H and O–H groups in total. The fourth-order valence-electron chi connectivity index (χ4n) is 2.52. The highest BCUT2D eigenvalue weighted by Crippen LogP contribution is 2.25. The third-order valence-electron chi connectivity index (χ3n) is 3.48.